The fraction of sp³-hybridized carbons (Fsp3) is 0.296. The van der Waals surface area contributed by atoms with Crippen molar-refractivity contribution < 1.29 is 26.4 Å². The molecule has 2 fully saturated rings. The zero-order valence-electron chi connectivity index (χ0n) is 21.5. The van der Waals surface area contributed by atoms with Crippen molar-refractivity contribution in [2.75, 3.05) is 54.3 Å². The molecule has 0 atom stereocenters. The third kappa shape index (κ3) is 6.26. The van der Waals surface area contributed by atoms with Gasteiger partial charge in [0.1, 0.15) is 0 Å². The lowest BCUT2D eigenvalue weighted by Crippen LogP contribution is -2.36. The minimum atomic E-state index is -4.00. The van der Waals surface area contributed by atoms with Gasteiger partial charge in [-0.1, -0.05) is 17.7 Å². The van der Waals surface area contributed by atoms with Crippen LogP contribution in [-0.4, -0.2) is 66.4 Å². The molecule has 40 heavy (non-hydrogen) atoms. The van der Waals surface area contributed by atoms with E-state index < -0.39 is 26.0 Å². The van der Waals surface area contributed by atoms with Crippen LogP contribution < -0.4 is 14.9 Å². The number of ether oxygens (including phenoxy) is 1. The van der Waals surface area contributed by atoms with Gasteiger partial charge in [0.05, 0.1) is 34.4 Å². The van der Waals surface area contributed by atoms with Crippen LogP contribution in [0.1, 0.15) is 23.2 Å². The van der Waals surface area contributed by atoms with E-state index in [1.54, 1.807) is 30.3 Å². The maximum atomic E-state index is 13.4. The molecule has 2 aliphatic heterocycles. The maximum absolute atomic E-state index is 13.4. The number of hydrogen-bond acceptors (Lipinski definition) is 7. The Morgan fingerprint density at radius 2 is 1.52 bits per heavy atom. The highest BCUT2D eigenvalue weighted by Gasteiger charge is 2.28. The summed E-state index contributed by atoms with van der Waals surface area (Å²) < 4.78 is 61.9. The van der Waals surface area contributed by atoms with Crippen molar-refractivity contribution in [2.24, 2.45) is 0 Å². The highest BCUT2D eigenvalue weighted by Crippen LogP contribution is 2.31. The minimum Gasteiger partial charge on any atom is -0.378 e. The van der Waals surface area contributed by atoms with Crippen molar-refractivity contribution in [2.45, 2.75) is 22.6 Å². The average molecular weight is 605 g/mol. The van der Waals surface area contributed by atoms with Crippen molar-refractivity contribution in [1.29, 1.82) is 0 Å². The van der Waals surface area contributed by atoms with Gasteiger partial charge < -0.3 is 15.0 Å². The Bertz CT molecular complexity index is 1600. The summed E-state index contributed by atoms with van der Waals surface area (Å²) in [6.45, 7) is 2.99. The first-order valence-corrected chi connectivity index (χ1v) is 16.1. The van der Waals surface area contributed by atoms with Gasteiger partial charge in [0.25, 0.3) is 15.9 Å². The number of anilines is 3. The molecule has 0 spiro atoms. The highest BCUT2D eigenvalue weighted by molar-refractivity contribution is 7.92. The third-order valence-corrected chi connectivity index (χ3v) is 10.3. The van der Waals surface area contributed by atoms with Crippen LogP contribution in [0.15, 0.2) is 76.5 Å². The van der Waals surface area contributed by atoms with Crippen molar-refractivity contribution in [3.63, 3.8) is 0 Å². The van der Waals surface area contributed by atoms with E-state index in [0.29, 0.717) is 55.8 Å². The minimum absolute atomic E-state index is 0.0407. The number of nitrogens with one attached hydrogen (secondary N) is 2. The normalized spacial score (nSPS) is 16.6. The zero-order chi connectivity index (χ0) is 28.3. The summed E-state index contributed by atoms with van der Waals surface area (Å²) in [7, 11) is -7.72. The fourth-order valence-corrected chi connectivity index (χ4v) is 7.44. The van der Waals surface area contributed by atoms with E-state index in [4.69, 9.17) is 16.3 Å². The molecule has 0 unspecified atom stereocenters. The van der Waals surface area contributed by atoms with Gasteiger partial charge in [-0.3, -0.25) is 9.52 Å². The first-order valence-electron chi connectivity index (χ1n) is 12.8. The number of morpholine rings is 1. The Balaban J connectivity index is 1.45. The second-order valence-electron chi connectivity index (χ2n) is 9.48. The van der Waals surface area contributed by atoms with Crippen LogP contribution in [0.3, 0.4) is 0 Å². The van der Waals surface area contributed by atoms with Crippen molar-refractivity contribution >= 4 is 54.6 Å². The van der Waals surface area contributed by atoms with Gasteiger partial charge in [-0.2, -0.15) is 4.31 Å². The number of sulfonamides is 2. The lowest BCUT2D eigenvalue weighted by Gasteiger charge is -2.30. The number of benzene rings is 3. The molecule has 5 rings (SSSR count). The van der Waals surface area contributed by atoms with Gasteiger partial charge in [-0.25, -0.2) is 16.8 Å². The van der Waals surface area contributed by atoms with Crippen LogP contribution in [-0.2, 0) is 24.8 Å². The van der Waals surface area contributed by atoms with E-state index >= 15 is 0 Å². The largest absolute Gasteiger partial charge is 0.378 e. The van der Waals surface area contributed by atoms with Crippen molar-refractivity contribution in [3.8, 4) is 0 Å². The standard InChI is InChI=1S/C27H29ClN4O6S2/c28-21-6-8-22(9-7-21)30-39(34,35)23-10-11-26(31-14-16-38-17-15-31)25(19-23)29-27(33)20-4-3-5-24(18-20)40(36,37)32-12-1-2-13-32/h3-11,18-19,30H,1-2,12-17H2,(H,29,33). The Morgan fingerprint density at radius 3 is 2.23 bits per heavy atom. The van der Waals surface area contributed by atoms with Crippen LogP contribution in [0.25, 0.3) is 0 Å². The van der Waals surface area contributed by atoms with E-state index in [2.05, 4.69) is 10.0 Å². The monoisotopic (exact) mass is 604 g/mol. The van der Waals surface area contributed by atoms with Gasteiger partial charge in [-0.05, 0) is 73.5 Å². The summed E-state index contributed by atoms with van der Waals surface area (Å²) in [5.41, 5.74) is 1.38. The van der Waals surface area contributed by atoms with Crippen LogP contribution in [0, 0.1) is 0 Å². The second-order valence-corrected chi connectivity index (χ2v) is 13.5. The molecule has 0 radical (unpaired) electrons. The van der Waals surface area contributed by atoms with Gasteiger partial charge in [0.2, 0.25) is 10.0 Å². The molecule has 212 valence electrons. The summed E-state index contributed by atoms with van der Waals surface area (Å²) >= 11 is 5.91. The Hall–Kier alpha value is -3.16. The van der Waals surface area contributed by atoms with Gasteiger partial charge in [0, 0.05) is 42.5 Å². The molecule has 1 amide bonds. The van der Waals surface area contributed by atoms with E-state index in [-0.39, 0.29) is 21.0 Å². The van der Waals surface area contributed by atoms with Crippen LogP contribution in [0.2, 0.25) is 5.02 Å². The van der Waals surface area contributed by atoms with Gasteiger partial charge in [0.15, 0.2) is 0 Å². The molecule has 2 N–H and O–H groups in total. The summed E-state index contributed by atoms with van der Waals surface area (Å²) in [4.78, 5) is 15.4. The van der Waals surface area contributed by atoms with Crippen molar-refractivity contribution in [1.82, 2.24) is 4.31 Å². The first-order chi connectivity index (χ1) is 19.1. The van der Waals surface area contributed by atoms with Gasteiger partial charge in [-0.15, -0.1) is 0 Å². The van der Waals surface area contributed by atoms with Crippen molar-refractivity contribution in [3.05, 3.63) is 77.3 Å². The fourth-order valence-electron chi connectivity index (χ4n) is 4.66. The van der Waals surface area contributed by atoms with E-state index in [0.717, 1.165) is 12.8 Å². The molecule has 13 heteroatoms. The molecule has 3 aromatic rings. The maximum Gasteiger partial charge on any atom is 0.261 e. The topological polar surface area (TPSA) is 125 Å². The van der Waals surface area contributed by atoms with Crippen LogP contribution >= 0.6 is 11.6 Å². The quantitative estimate of drug-likeness (QED) is 0.398. The molecule has 3 aromatic carbocycles. The van der Waals surface area contributed by atoms with E-state index in [9.17, 15) is 21.6 Å². The number of amides is 1. The van der Waals surface area contributed by atoms with Crippen LogP contribution in [0.4, 0.5) is 17.1 Å². The molecule has 2 heterocycles. The number of rotatable bonds is 8. The molecule has 2 saturated heterocycles. The molecular formula is C27H29ClN4O6S2. The Kier molecular flexibility index (Phi) is 8.34. The zero-order valence-corrected chi connectivity index (χ0v) is 23.9. The molecule has 2 aliphatic rings. The first kappa shape index (κ1) is 28.4. The highest BCUT2D eigenvalue weighted by atomic mass is 35.5. The van der Waals surface area contributed by atoms with E-state index in [1.165, 1.54) is 40.7 Å². The lowest BCUT2D eigenvalue weighted by atomic mass is 10.2. The Labute approximate surface area is 239 Å². The molecule has 0 aliphatic carbocycles. The molecule has 10 nitrogen and oxygen atoms in total. The SMILES string of the molecule is O=C(Nc1cc(S(=O)(=O)Nc2ccc(Cl)cc2)ccc1N1CCOCC1)c1cccc(S(=O)(=O)N2CCCC2)c1. The average Bonchev–Trinajstić information content (AvgIpc) is 3.51. The predicted molar refractivity (Wildman–Crippen MR) is 154 cm³/mol. The third-order valence-electron chi connectivity index (χ3n) is 6.77. The molecule has 0 bridgehead atoms. The summed E-state index contributed by atoms with van der Waals surface area (Å²) in [6.07, 6.45) is 1.60. The van der Waals surface area contributed by atoms with E-state index in [1.807, 2.05) is 4.90 Å². The molecule has 0 aromatic heterocycles. The summed E-state index contributed by atoms with van der Waals surface area (Å²) in [5, 5.41) is 3.29. The molecule has 0 saturated carbocycles. The number of halogens is 1. The summed E-state index contributed by atoms with van der Waals surface area (Å²) in [6, 6.07) is 16.6. The number of hydrogen-bond donors (Lipinski definition) is 2. The summed E-state index contributed by atoms with van der Waals surface area (Å²) in [5.74, 6) is -0.562. The number of carbonyl (C=O) groups excluding carboxylic acids is 1. The lowest BCUT2D eigenvalue weighted by molar-refractivity contribution is 0.102. The smallest absolute Gasteiger partial charge is 0.261 e. The predicted octanol–water partition coefficient (Wildman–Crippen LogP) is 4.01. The van der Waals surface area contributed by atoms with Crippen LogP contribution in [0.5, 0.6) is 0 Å². The molecular weight excluding hydrogens is 576 g/mol. The number of nitrogens with zero attached hydrogens (tertiary/aromatic N) is 2. The Morgan fingerprint density at radius 1 is 0.825 bits per heavy atom. The second kappa shape index (κ2) is 11.8. The van der Waals surface area contributed by atoms with Gasteiger partial charge >= 0.3 is 0 Å². The number of carbonyl (C=O) groups is 1.